The lowest BCUT2D eigenvalue weighted by atomic mass is 10.0. The van der Waals surface area contributed by atoms with E-state index in [1.807, 2.05) is 36.4 Å². The number of fused-ring (bicyclic) bond motifs is 1. The van der Waals surface area contributed by atoms with Crippen molar-refractivity contribution in [2.45, 2.75) is 18.8 Å². The fourth-order valence-corrected chi connectivity index (χ4v) is 5.21. The van der Waals surface area contributed by atoms with Crippen LogP contribution in [0.5, 0.6) is 0 Å². The fourth-order valence-electron chi connectivity index (χ4n) is 3.75. The summed E-state index contributed by atoms with van der Waals surface area (Å²) in [4.78, 5) is 18.3. The zero-order valence-electron chi connectivity index (χ0n) is 15.6. The van der Waals surface area contributed by atoms with E-state index >= 15 is 0 Å². The Morgan fingerprint density at radius 2 is 1.83 bits per heavy atom. The Bertz CT molecular complexity index is 1230. The van der Waals surface area contributed by atoms with E-state index in [-0.39, 0.29) is 5.63 Å². The van der Waals surface area contributed by atoms with Crippen molar-refractivity contribution in [3.8, 4) is 21.7 Å². The highest BCUT2D eigenvalue weighted by atomic mass is 35.5. The van der Waals surface area contributed by atoms with Crippen LogP contribution in [0.1, 0.15) is 23.8 Å². The van der Waals surface area contributed by atoms with Gasteiger partial charge in [-0.05, 0) is 31.0 Å². The SMILES string of the molecule is O=c1cc(-c2sc(C3CCOCC3)nc2-c2ccccc2)c2cc(Cl)ccc2o1. The number of ether oxygens (including phenoxy) is 1. The van der Waals surface area contributed by atoms with Gasteiger partial charge in [0.2, 0.25) is 0 Å². The monoisotopic (exact) mass is 423 g/mol. The molecule has 0 saturated carbocycles. The lowest BCUT2D eigenvalue weighted by Gasteiger charge is -2.19. The molecule has 6 heteroatoms. The molecule has 1 aliphatic heterocycles. The third-order valence-corrected chi connectivity index (χ3v) is 6.70. The van der Waals surface area contributed by atoms with E-state index in [0.29, 0.717) is 16.5 Å². The van der Waals surface area contributed by atoms with E-state index in [1.54, 1.807) is 29.5 Å². The third-order valence-electron chi connectivity index (χ3n) is 5.21. The maximum absolute atomic E-state index is 12.3. The number of hydrogen-bond acceptors (Lipinski definition) is 5. The van der Waals surface area contributed by atoms with Gasteiger partial charge in [-0.2, -0.15) is 0 Å². The molecule has 4 nitrogen and oxygen atoms in total. The molecular formula is C23H18ClNO3S. The van der Waals surface area contributed by atoms with Crippen molar-refractivity contribution in [3.63, 3.8) is 0 Å². The van der Waals surface area contributed by atoms with Gasteiger partial charge in [-0.3, -0.25) is 0 Å². The van der Waals surface area contributed by atoms with Crippen LogP contribution in [0.15, 0.2) is 63.8 Å². The van der Waals surface area contributed by atoms with Crippen molar-refractivity contribution >= 4 is 33.9 Å². The number of nitrogens with zero attached hydrogens (tertiary/aromatic N) is 1. The molecule has 0 unspecified atom stereocenters. The van der Waals surface area contributed by atoms with Gasteiger partial charge in [0.15, 0.2) is 0 Å². The predicted molar refractivity (Wildman–Crippen MR) is 117 cm³/mol. The van der Waals surface area contributed by atoms with Gasteiger partial charge in [0.25, 0.3) is 0 Å². The van der Waals surface area contributed by atoms with Crippen LogP contribution in [0.3, 0.4) is 0 Å². The molecule has 1 aliphatic rings. The molecule has 146 valence electrons. The van der Waals surface area contributed by atoms with Gasteiger partial charge in [0, 0.05) is 46.7 Å². The second-order valence-electron chi connectivity index (χ2n) is 7.10. The molecule has 2 aromatic heterocycles. The topological polar surface area (TPSA) is 52.3 Å². The molecule has 0 amide bonds. The Morgan fingerprint density at radius 3 is 2.62 bits per heavy atom. The van der Waals surface area contributed by atoms with E-state index in [0.717, 1.165) is 58.1 Å². The predicted octanol–water partition coefficient (Wildman–Crippen LogP) is 6.13. The Balaban J connectivity index is 1.76. The van der Waals surface area contributed by atoms with Gasteiger partial charge >= 0.3 is 5.63 Å². The van der Waals surface area contributed by atoms with Crippen molar-refractivity contribution < 1.29 is 9.15 Å². The minimum Gasteiger partial charge on any atom is -0.423 e. The number of rotatable bonds is 3. The summed E-state index contributed by atoms with van der Waals surface area (Å²) in [5.41, 5.74) is 2.88. The lowest BCUT2D eigenvalue weighted by molar-refractivity contribution is 0.0853. The van der Waals surface area contributed by atoms with Crippen LogP contribution in [-0.2, 0) is 4.74 Å². The normalized spacial score (nSPS) is 15.1. The first-order valence-corrected chi connectivity index (χ1v) is 10.8. The summed E-state index contributed by atoms with van der Waals surface area (Å²) in [6, 6.07) is 17.0. The number of halogens is 1. The summed E-state index contributed by atoms with van der Waals surface area (Å²) < 4.78 is 10.9. The molecule has 0 aliphatic carbocycles. The summed E-state index contributed by atoms with van der Waals surface area (Å²) >= 11 is 7.91. The van der Waals surface area contributed by atoms with Crippen molar-refractivity contribution in [2.24, 2.45) is 0 Å². The van der Waals surface area contributed by atoms with Gasteiger partial charge < -0.3 is 9.15 Å². The Morgan fingerprint density at radius 1 is 1.03 bits per heavy atom. The highest BCUT2D eigenvalue weighted by molar-refractivity contribution is 7.15. The van der Waals surface area contributed by atoms with Crippen LogP contribution in [0, 0.1) is 0 Å². The third kappa shape index (κ3) is 3.62. The number of aromatic nitrogens is 1. The number of hydrogen-bond donors (Lipinski definition) is 0. The van der Waals surface area contributed by atoms with Crippen molar-refractivity contribution in [1.82, 2.24) is 4.98 Å². The molecule has 0 atom stereocenters. The maximum Gasteiger partial charge on any atom is 0.336 e. The summed E-state index contributed by atoms with van der Waals surface area (Å²) in [5, 5.41) is 2.50. The molecule has 0 radical (unpaired) electrons. The average molecular weight is 424 g/mol. The molecule has 29 heavy (non-hydrogen) atoms. The number of thiazole rings is 1. The first kappa shape index (κ1) is 18.6. The minimum absolute atomic E-state index is 0.375. The van der Waals surface area contributed by atoms with Crippen LogP contribution >= 0.6 is 22.9 Å². The van der Waals surface area contributed by atoms with Gasteiger partial charge in [0.1, 0.15) is 5.58 Å². The van der Waals surface area contributed by atoms with Crippen LogP contribution in [-0.4, -0.2) is 18.2 Å². The van der Waals surface area contributed by atoms with Gasteiger partial charge in [-0.1, -0.05) is 41.9 Å². The van der Waals surface area contributed by atoms with Crippen molar-refractivity contribution in [2.75, 3.05) is 13.2 Å². The van der Waals surface area contributed by atoms with Crippen LogP contribution in [0.4, 0.5) is 0 Å². The van der Waals surface area contributed by atoms with Gasteiger partial charge in [-0.25, -0.2) is 9.78 Å². The van der Waals surface area contributed by atoms with E-state index in [1.165, 1.54) is 0 Å². The first-order chi connectivity index (χ1) is 14.2. The second kappa shape index (κ2) is 7.75. The average Bonchev–Trinajstić information content (AvgIpc) is 3.20. The molecule has 5 rings (SSSR count). The Hall–Kier alpha value is -2.47. The summed E-state index contributed by atoms with van der Waals surface area (Å²) in [5.74, 6) is 0.375. The standard InChI is InChI=1S/C23H18ClNO3S/c24-16-6-7-19-17(12-16)18(13-20(26)28-19)22-21(14-4-2-1-3-5-14)25-23(29-22)15-8-10-27-11-9-15/h1-7,12-13,15H,8-11H2. The highest BCUT2D eigenvalue weighted by Crippen LogP contribution is 2.43. The molecule has 0 N–H and O–H groups in total. The van der Waals surface area contributed by atoms with E-state index in [2.05, 4.69) is 0 Å². The Kier molecular flexibility index (Phi) is 4.96. The largest absolute Gasteiger partial charge is 0.423 e. The molecule has 1 fully saturated rings. The molecule has 2 aromatic carbocycles. The van der Waals surface area contributed by atoms with Crippen molar-refractivity contribution in [1.29, 1.82) is 0 Å². The van der Waals surface area contributed by atoms with Gasteiger partial charge in [0.05, 0.1) is 15.6 Å². The zero-order chi connectivity index (χ0) is 19.8. The smallest absolute Gasteiger partial charge is 0.336 e. The lowest BCUT2D eigenvalue weighted by Crippen LogP contribution is -2.13. The molecule has 4 aromatic rings. The summed E-state index contributed by atoms with van der Waals surface area (Å²) in [6.07, 6.45) is 1.93. The maximum atomic E-state index is 12.3. The van der Waals surface area contributed by atoms with Crippen molar-refractivity contribution in [3.05, 3.63) is 75.0 Å². The molecule has 0 bridgehead atoms. The first-order valence-electron chi connectivity index (χ1n) is 9.57. The van der Waals surface area contributed by atoms with Crippen LogP contribution in [0.25, 0.3) is 32.7 Å². The van der Waals surface area contributed by atoms with Crippen LogP contribution in [0.2, 0.25) is 5.02 Å². The number of benzene rings is 2. The van der Waals surface area contributed by atoms with Crippen LogP contribution < -0.4 is 5.63 Å². The fraction of sp³-hybridized carbons (Fsp3) is 0.217. The Labute approximate surface area is 176 Å². The van der Waals surface area contributed by atoms with Gasteiger partial charge in [-0.15, -0.1) is 11.3 Å². The summed E-state index contributed by atoms with van der Waals surface area (Å²) in [7, 11) is 0. The van der Waals surface area contributed by atoms with E-state index in [4.69, 9.17) is 25.7 Å². The highest BCUT2D eigenvalue weighted by Gasteiger charge is 2.24. The quantitative estimate of drug-likeness (QED) is 0.372. The second-order valence-corrected chi connectivity index (χ2v) is 8.57. The molecule has 3 heterocycles. The molecule has 1 saturated heterocycles. The van der Waals surface area contributed by atoms with E-state index in [9.17, 15) is 4.79 Å². The molecule has 0 spiro atoms. The summed E-state index contributed by atoms with van der Waals surface area (Å²) in [6.45, 7) is 1.52. The molecular weight excluding hydrogens is 406 g/mol. The minimum atomic E-state index is -0.380. The van der Waals surface area contributed by atoms with E-state index < -0.39 is 0 Å². The zero-order valence-corrected chi connectivity index (χ0v) is 17.1.